The predicted octanol–water partition coefficient (Wildman–Crippen LogP) is 25.4. The van der Waals surface area contributed by atoms with E-state index in [9.17, 15) is 19.0 Å². The Hall–Kier alpha value is -5.41. The van der Waals surface area contributed by atoms with Crippen LogP contribution in [0.15, 0.2) is 207 Å². The third-order valence-electron chi connectivity index (χ3n) is 15.2. The third-order valence-corrected chi connectivity index (χ3v) is 16.1. The van der Waals surface area contributed by atoms with Crippen LogP contribution in [0.4, 0.5) is 0 Å². The quantitative estimate of drug-likeness (QED) is 0.0264. The van der Waals surface area contributed by atoms with Crippen LogP contribution in [0.1, 0.15) is 284 Å². The molecule has 0 aliphatic carbocycles. The fourth-order valence-corrected chi connectivity index (χ4v) is 10.5. The Morgan fingerprint density at radius 2 is 0.547 bits per heavy atom. The SMILES string of the molecule is CC/C=C\C/C=C\C/C=C\C/C=C\C/C=C\C/C=C\C/C=C\C/C=C\C/C=C\C/C=C\CCCCCCCCC(=O)OC(COC(=O)CCCCCCCCCCCCCCCCC/C=C\C/C=C\C/C=C\C/C=C\C/C=C\C/C=C\C/C=C\CC)COP(=O)(O)OCCN. The monoisotopic (exact) mass is 1330 g/mol. The van der Waals surface area contributed by atoms with E-state index in [0.29, 0.717) is 6.42 Å². The molecule has 95 heavy (non-hydrogen) atoms. The molecule has 3 N–H and O–H groups in total. The molecule has 9 nitrogen and oxygen atoms in total. The largest absolute Gasteiger partial charge is 0.472 e. The van der Waals surface area contributed by atoms with Gasteiger partial charge in [0.05, 0.1) is 13.2 Å². The van der Waals surface area contributed by atoms with E-state index in [-0.39, 0.29) is 32.6 Å². The van der Waals surface area contributed by atoms with Gasteiger partial charge in [-0.3, -0.25) is 18.6 Å². The Morgan fingerprint density at radius 1 is 0.316 bits per heavy atom. The van der Waals surface area contributed by atoms with Crippen LogP contribution < -0.4 is 5.73 Å². The van der Waals surface area contributed by atoms with Crippen molar-refractivity contribution in [3.8, 4) is 0 Å². The normalized spacial score (nSPS) is 14.1. The van der Waals surface area contributed by atoms with Crippen LogP contribution in [0, 0.1) is 0 Å². The first-order valence-corrected chi connectivity index (χ1v) is 39.1. The Kier molecular flexibility index (Phi) is 73.2. The number of carbonyl (C=O) groups is 2. The molecule has 0 spiro atoms. The zero-order valence-corrected chi connectivity index (χ0v) is 61.0. The highest BCUT2D eigenvalue weighted by Gasteiger charge is 2.26. The van der Waals surface area contributed by atoms with Gasteiger partial charge in [0.1, 0.15) is 6.61 Å². The molecule has 0 fully saturated rings. The van der Waals surface area contributed by atoms with E-state index in [1.165, 1.54) is 83.5 Å². The summed E-state index contributed by atoms with van der Waals surface area (Å²) >= 11 is 0. The number of carbonyl (C=O) groups excluding carboxylic acids is 2. The van der Waals surface area contributed by atoms with Gasteiger partial charge in [-0.05, 0) is 148 Å². The fraction of sp³-hybridized carbons (Fsp3) is 0.576. The average Bonchev–Trinajstić information content (AvgIpc) is 2.64. The van der Waals surface area contributed by atoms with Gasteiger partial charge < -0.3 is 20.1 Å². The molecule has 0 aromatic carbocycles. The summed E-state index contributed by atoms with van der Waals surface area (Å²) in [7, 11) is -4.41. The van der Waals surface area contributed by atoms with E-state index in [2.05, 4.69) is 220 Å². The molecule has 0 radical (unpaired) electrons. The van der Waals surface area contributed by atoms with Crippen molar-refractivity contribution >= 4 is 19.8 Å². The van der Waals surface area contributed by atoms with E-state index < -0.39 is 32.5 Å². The van der Waals surface area contributed by atoms with Crippen molar-refractivity contribution in [2.75, 3.05) is 26.4 Å². The maximum Gasteiger partial charge on any atom is 0.472 e. The topological polar surface area (TPSA) is 134 Å². The summed E-state index contributed by atoms with van der Waals surface area (Å²) in [6.45, 7) is 3.49. The van der Waals surface area contributed by atoms with Gasteiger partial charge in [0.25, 0.3) is 0 Å². The van der Waals surface area contributed by atoms with E-state index in [1.807, 2.05) is 0 Å². The van der Waals surface area contributed by atoms with Gasteiger partial charge >= 0.3 is 19.8 Å². The molecule has 0 aliphatic heterocycles. The van der Waals surface area contributed by atoms with Gasteiger partial charge in [-0.25, -0.2) is 4.57 Å². The molecular weight excluding hydrogens is 1190 g/mol. The summed E-state index contributed by atoms with van der Waals surface area (Å²) in [5.41, 5.74) is 5.41. The standard InChI is InChI=1S/C85H136NO8P/c1-3-5-7-9-11-13-15-17-19-21-23-25-27-29-31-33-35-37-39-41-43-45-47-49-51-53-55-57-59-61-63-65-67-69-71-73-75-77-84(87)91-81-83(82-93-95(89,90)92-80-79-86)94-85(88)78-76-74-72-70-68-66-64-62-60-58-56-54-52-50-48-46-44-42-40-38-36-34-32-30-28-26-24-22-20-18-16-14-12-10-8-6-4-2/h5-8,11-14,17-20,23-26,29-32,35-38,41-44,48,50,54,56,60,62,83H,3-4,9-10,15-16,21-22,27-28,33-34,39-40,45-47,49,51-53,55,57-59,61,63-82,86H2,1-2H3,(H,89,90)/b7-5-,8-6-,13-11-,14-12-,19-17-,20-18-,25-23-,26-24-,31-29-,32-30-,37-35-,38-36-,43-41-,44-42-,50-48-,56-54-,62-60-. The van der Waals surface area contributed by atoms with Gasteiger partial charge in [0, 0.05) is 19.4 Å². The molecule has 0 bridgehead atoms. The van der Waals surface area contributed by atoms with Crippen LogP contribution in [0.5, 0.6) is 0 Å². The maximum absolute atomic E-state index is 12.8. The smallest absolute Gasteiger partial charge is 0.462 e. The lowest BCUT2D eigenvalue weighted by molar-refractivity contribution is -0.161. The van der Waals surface area contributed by atoms with E-state index in [0.717, 1.165) is 167 Å². The van der Waals surface area contributed by atoms with Crippen molar-refractivity contribution in [1.82, 2.24) is 0 Å². The minimum absolute atomic E-state index is 0.0412. The minimum atomic E-state index is -4.41. The van der Waals surface area contributed by atoms with Crippen LogP contribution in [0.2, 0.25) is 0 Å². The van der Waals surface area contributed by atoms with Gasteiger partial charge in [-0.2, -0.15) is 0 Å². The molecule has 534 valence electrons. The lowest BCUT2D eigenvalue weighted by atomic mass is 10.0. The van der Waals surface area contributed by atoms with Crippen LogP contribution in [0.3, 0.4) is 0 Å². The van der Waals surface area contributed by atoms with Gasteiger partial charge in [-0.1, -0.05) is 330 Å². The van der Waals surface area contributed by atoms with Crippen molar-refractivity contribution in [2.45, 2.75) is 290 Å². The summed E-state index contributed by atoms with van der Waals surface area (Å²) in [6.07, 6.45) is 119. The number of phosphoric ester groups is 1. The first kappa shape index (κ1) is 89.6. The molecular formula is C85H136NO8P. The number of hydrogen-bond donors (Lipinski definition) is 2. The van der Waals surface area contributed by atoms with Crippen LogP contribution in [-0.2, 0) is 32.7 Å². The highest BCUT2D eigenvalue weighted by molar-refractivity contribution is 7.47. The Morgan fingerprint density at radius 3 is 0.811 bits per heavy atom. The maximum atomic E-state index is 12.8. The summed E-state index contributed by atoms with van der Waals surface area (Å²) < 4.78 is 33.2. The molecule has 0 rings (SSSR count). The van der Waals surface area contributed by atoms with Crippen LogP contribution in [-0.4, -0.2) is 49.3 Å². The second kappa shape index (κ2) is 77.6. The molecule has 0 saturated heterocycles. The van der Waals surface area contributed by atoms with E-state index >= 15 is 0 Å². The third kappa shape index (κ3) is 77.5. The predicted molar refractivity (Wildman–Crippen MR) is 412 cm³/mol. The van der Waals surface area contributed by atoms with Crippen LogP contribution in [0.25, 0.3) is 0 Å². The Bertz CT molecular complexity index is 2320. The summed E-state index contributed by atoms with van der Waals surface area (Å²) in [5, 5.41) is 0. The second-order valence-corrected chi connectivity index (χ2v) is 25.5. The van der Waals surface area contributed by atoms with Crippen molar-refractivity contribution in [3.63, 3.8) is 0 Å². The second-order valence-electron chi connectivity index (χ2n) is 24.0. The van der Waals surface area contributed by atoms with Crippen molar-refractivity contribution in [2.24, 2.45) is 5.73 Å². The Labute approximate surface area is 582 Å². The lowest BCUT2D eigenvalue weighted by Gasteiger charge is -2.19. The molecule has 0 heterocycles. The highest BCUT2D eigenvalue weighted by atomic mass is 31.2. The number of ether oxygens (including phenoxy) is 2. The number of allylic oxidation sites excluding steroid dienone is 34. The zero-order chi connectivity index (χ0) is 68.6. The van der Waals surface area contributed by atoms with Crippen molar-refractivity contribution < 1.29 is 37.6 Å². The molecule has 2 unspecified atom stereocenters. The first-order valence-electron chi connectivity index (χ1n) is 37.6. The fourth-order valence-electron chi connectivity index (χ4n) is 9.70. The number of hydrogen-bond acceptors (Lipinski definition) is 8. The van der Waals surface area contributed by atoms with Gasteiger partial charge in [0.15, 0.2) is 6.10 Å². The molecule has 2 atom stereocenters. The molecule has 0 saturated carbocycles. The molecule has 0 amide bonds. The lowest BCUT2D eigenvalue weighted by Crippen LogP contribution is -2.29. The number of esters is 2. The van der Waals surface area contributed by atoms with E-state index in [1.54, 1.807) is 0 Å². The van der Waals surface area contributed by atoms with Crippen molar-refractivity contribution in [1.29, 1.82) is 0 Å². The number of rotatable bonds is 68. The first-order chi connectivity index (χ1) is 46.8. The number of phosphoric acid groups is 1. The van der Waals surface area contributed by atoms with E-state index in [4.69, 9.17) is 24.3 Å². The van der Waals surface area contributed by atoms with Gasteiger partial charge in [-0.15, -0.1) is 0 Å². The number of unbranched alkanes of at least 4 members (excludes halogenated alkanes) is 21. The van der Waals surface area contributed by atoms with Crippen LogP contribution >= 0.6 is 7.82 Å². The minimum Gasteiger partial charge on any atom is -0.462 e. The number of nitrogens with two attached hydrogens (primary N) is 1. The summed E-state index contributed by atoms with van der Waals surface area (Å²) in [5.74, 6) is -0.854. The summed E-state index contributed by atoms with van der Waals surface area (Å²) in [6, 6.07) is 0. The average molecular weight is 1330 g/mol. The molecule has 0 aromatic rings. The van der Waals surface area contributed by atoms with Gasteiger partial charge in [0.2, 0.25) is 0 Å². The molecule has 10 heteroatoms. The molecule has 0 aromatic heterocycles. The Balaban J connectivity index is 3.97. The summed E-state index contributed by atoms with van der Waals surface area (Å²) in [4.78, 5) is 35.4. The highest BCUT2D eigenvalue weighted by Crippen LogP contribution is 2.43. The molecule has 0 aliphatic rings. The zero-order valence-electron chi connectivity index (χ0n) is 60.1. The van der Waals surface area contributed by atoms with Crippen molar-refractivity contribution in [3.05, 3.63) is 207 Å².